The molecule has 0 aliphatic heterocycles. The van der Waals surface area contributed by atoms with Crippen LogP contribution in [0.25, 0.3) is 0 Å². The van der Waals surface area contributed by atoms with Gasteiger partial charge in [0, 0.05) is 24.2 Å². The van der Waals surface area contributed by atoms with Crippen LogP contribution >= 0.6 is 0 Å². The van der Waals surface area contributed by atoms with Crippen molar-refractivity contribution in [3.8, 4) is 0 Å². The van der Waals surface area contributed by atoms with Gasteiger partial charge in [-0.15, -0.1) is 0 Å². The van der Waals surface area contributed by atoms with Crippen molar-refractivity contribution < 1.29 is 26.5 Å². The molecule has 3 nitrogen and oxygen atoms in total. The van der Waals surface area contributed by atoms with Crippen molar-refractivity contribution in [3.63, 3.8) is 0 Å². The third kappa shape index (κ3) is 5.18. The van der Waals surface area contributed by atoms with Crippen LogP contribution in [0.15, 0.2) is 46.3 Å². The number of rotatable bonds is 4. The summed E-state index contributed by atoms with van der Waals surface area (Å²) in [6.45, 7) is 1.37. The molecule has 9 heteroatoms. The van der Waals surface area contributed by atoms with Gasteiger partial charge < -0.3 is 9.87 Å². The zero-order valence-corrected chi connectivity index (χ0v) is 14.6. The number of aryl methyl sites for hydroxylation is 1. The van der Waals surface area contributed by atoms with Gasteiger partial charge in [-0.25, -0.2) is 13.8 Å². The lowest BCUT2D eigenvalue weighted by Gasteiger charge is -2.15. The fourth-order valence-electron chi connectivity index (χ4n) is 2.22. The molecule has 1 unspecified atom stereocenters. The average Bonchev–Trinajstić information content (AvgIpc) is 2.52. The van der Waals surface area contributed by atoms with Crippen molar-refractivity contribution in [1.29, 1.82) is 0 Å². The summed E-state index contributed by atoms with van der Waals surface area (Å²) in [6.07, 6.45) is -4.62. The smallest absolute Gasteiger partial charge is 0.433 e. The predicted molar refractivity (Wildman–Crippen MR) is 90.1 cm³/mol. The summed E-state index contributed by atoms with van der Waals surface area (Å²) >= 11 is -2.39. The quantitative estimate of drug-likeness (QED) is 0.367. The molecule has 0 fully saturated rings. The van der Waals surface area contributed by atoms with E-state index in [1.54, 1.807) is 0 Å². The molecular formula is C17H15F5N2OS. The van der Waals surface area contributed by atoms with Crippen molar-refractivity contribution in [3.05, 3.63) is 59.2 Å². The monoisotopic (exact) mass is 390 g/mol. The van der Waals surface area contributed by atoms with Gasteiger partial charge in [-0.2, -0.15) is 13.2 Å². The lowest BCUT2D eigenvalue weighted by atomic mass is 10.2. The highest BCUT2D eigenvalue weighted by Crippen LogP contribution is 2.30. The summed E-state index contributed by atoms with van der Waals surface area (Å²) in [5.41, 5.74) is 0.154. The fraction of sp³-hybridized carbons (Fsp3) is 0.235. The Hall–Kier alpha value is -2.13. The highest BCUT2D eigenvalue weighted by Gasteiger charge is 2.36. The van der Waals surface area contributed by atoms with E-state index >= 15 is 0 Å². The van der Waals surface area contributed by atoms with Crippen LogP contribution in [0.4, 0.5) is 27.6 Å². The van der Waals surface area contributed by atoms with Gasteiger partial charge in [0.05, 0.1) is 0 Å². The van der Waals surface area contributed by atoms with E-state index < -0.39 is 34.7 Å². The predicted octanol–water partition coefficient (Wildman–Crippen LogP) is 4.24. The van der Waals surface area contributed by atoms with E-state index in [9.17, 15) is 26.5 Å². The summed E-state index contributed by atoms with van der Waals surface area (Å²) in [6, 6.07) is 7.36. The molecule has 26 heavy (non-hydrogen) atoms. The molecule has 0 heterocycles. The first-order valence-electron chi connectivity index (χ1n) is 7.38. The van der Waals surface area contributed by atoms with E-state index in [1.165, 1.54) is 38.2 Å². The van der Waals surface area contributed by atoms with Gasteiger partial charge in [0.1, 0.15) is 23.2 Å². The van der Waals surface area contributed by atoms with Crippen molar-refractivity contribution in [1.82, 2.24) is 5.32 Å². The molecule has 0 spiro atoms. The molecule has 2 aromatic carbocycles. The third-order valence-electron chi connectivity index (χ3n) is 3.35. The van der Waals surface area contributed by atoms with E-state index in [4.69, 9.17) is 0 Å². The van der Waals surface area contributed by atoms with Crippen molar-refractivity contribution in [2.45, 2.75) is 18.0 Å². The van der Waals surface area contributed by atoms with E-state index in [0.717, 1.165) is 12.1 Å². The summed E-state index contributed by atoms with van der Waals surface area (Å²) in [5, 5.41) is 2.68. The number of alkyl halides is 3. The second kappa shape index (κ2) is 8.05. The zero-order chi connectivity index (χ0) is 19.5. The van der Waals surface area contributed by atoms with Crippen LogP contribution < -0.4 is 5.32 Å². The topological polar surface area (TPSA) is 47.5 Å². The lowest BCUT2D eigenvalue weighted by molar-refractivity contribution is -0.106. The van der Waals surface area contributed by atoms with Gasteiger partial charge in [0.15, 0.2) is 4.90 Å². The van der Waals surface area contributed by atoms with Crippen molar-refractivity contribution >= 4 is 22.7 Å². The van der Waals surface area contributed by atoms with Gasteiger partial charge in [-0.1, -0.05) is 12.1 Å². The maximum atomic E-state index is 14.2. The molecule has 0 amide bonds. The lowest BCUT2D eigenvalue weighted by Crippen LogP contribution is -2.23. The minimum Gasteiger partial charge on any atom is -0.611 e. The largest absolute Gasteiger partial charge is 0.611 e. The number of hydrogen-bond donors (Lipinski definition) is 1. The normalized spacial score (nSPS) is 13.6. The summed E-state index contributed by atoms with van der Waals surface area (Å²) in [5.74, 6) is -2.74. The number of aliphatic imine (C=N–C) groups is 1. The Bertz CT molecular complexity index is 823. The van der Waals surface area contributed by atoms with Gasteiger partial charge in [0.25, 0.3) is 0 Å². The average molecular weight is 390 g/mol. The number of amidine groups is 1. The van der Waals surface area contributed by atoms with Crippen LogP contribution in [0.3, 0.4) is 0 Å². The summed E-state index contributed by atoms with van der Waals surface area (Å²) < 4.78 is 77.0. The molecule has 0 bridgehead atoms. The van der Waals surface area contributed by atoms with Crippen molar-refractivity contribution in [2.24, 2.45) is 4.99 Å². The van der Waals surface area contributed by atoms with Gasteiger partial charge >= 0.3 is 6.18 Å². The molecule has 2 aromatic rings. The molecule has 2 rings (SSSR count). The SMILES string of the molecule is CN/C(=N/c1cc([S+]([O-])CC(F)(F)F)c(C)cc1F)c1cccc(F)c1. The second-order valence-corrected chi connectivity index (χ2v) is 6.81. The van der Waals surface area contributed by atoms with Gasteiger partial charge in [-0.05, 0) is 36.3 Å². The molecule has 0 aromatic heterocycles. The van der Waals surface area contributed by atoms with Crippen LogP contribution in [-0.4, -0.2) is 29.4 Å². The van der Waals surface area contributed by atoms with Crippen LogP contribution in [-0.2, 0) is 11.2 Å². The Morgan fingerprint density at radius 3 is 2.46 bits per heavy atom. The highest BCUT2D eigenvalue weighted by molar-refractivity contribution is 7.91. The third-order valence-corrected chi connectivity index (χ3v) is 4.87. The van der Waals surface area contributed by atoms with E-state index in [1.807, 2.05) is 0 Å². The first-order valence-corrected chi connectivity index (χ1v) is 8.70. The minimum atomic E-state index is -4.62. The summed E-state index contributed by atoms with van der Waals surface area (Å²) in [7, 11) is 1.48. The molecule has 1 N–H and O–H groups in total. The molecule has 0 saturated heterocycles. The summed E-state index contributed by atoms with van der Waals surface area (Å²) in [4.78, 5) is 3.86. The van der Waals surface area contributed by atoms with Crippen LogP contribution in [0.5, 0.6) is 0 Å². The van der Waals surface area contributed by atoms with Crippen molar-refractivity contribution in [2.75, 3.05) is 12.8 Å². The highest BCUT2D eigenvalue weighted by atomic mass is 32.2. The number of nitrogens with one attached hydrogen (secondary N) is 1. The molecule has 0 aliphatic carbocycles. The van der Waals surface area contributed by atoms with Gasteiger partial charge in [-0.3, -0.25) is 0 Å². The molecule has 140 valence electrons. The number of nitrogens with zero attached hydrogens (tertiary/aromatic N) is 1. The first kappa shape index (κ1) is 20.2. The number of benzene rings is 2. The fourth-order valence-corrected chi connectivity index (χ4v) is 3.33. The molecular weight excluding hydrogens is 375 g/mol. The number of hydrogen-bond acceptors (Lipinski definition) is 2. The van der Waals surface area contributed by atoms with Gasteiger partial charge in [0.2, 0.25) is 5.75 Å². The molecule has 0 aliphatic rings. The Morgan fingerprint density at radius 2 is 1.88 bits per heavy atom. The Labute approximate surface area is 150 Å². The number of halogens is 5. The maximum Gasteiger partial charge on any atom is 0.433 e. The minimum absolute atomic E-state index is 0.111. The Kier molecular flexibility index (Phi) is 6.25. The van der Waals surface area contributed by atoms with Crippen LogP contribution in [0, 0.1) is 18.6 Å². The maximum absolute atomic E-state index is 14.2. The second-order valence-electron chi connectivity index (χ2n) is 5.39. The first-order chi connectivity index (χ1) is 12.1. The standard InChI is InChI=1S/C17H15F5N2OS/c1-10-6-13(19)14(8-15(10)26(25)9-17(20,21)22)24-16(23-2)11-4-3-5-12(18)7-11/h3-8H,9H2,1-2H3,(H,23,24). The van der Waals surface area contributed by atoms with E-state index in [0.29, 0.717) is 5.56 Å². The Morgan fingerprint density at radius 1 is 1.19 bits per heavy atom. The molecule has 0 radical (unpaired) electrons. The van der Waals surface area contributed by atoms with Crippen LogP contribution in [0.1, 0.15) is 11.1 Å². The zero-order valence-electron chi connectivity index (χ0n) is 13.8. The Balaban J connectivity index is 2.47. The molecule has 0 saturated carbocycles. The molecule has 1 atom stereocenters. The van der Waals surface area contributed by atoms with Crippen LogP contribution in [0.2, 0.25) is 0 Å². The van der Waals surface area contributed by atoms with E-state index in [-0.39, 0.29) is 22.0 Å². The van der Waals surface area contributed by atoms with E-state index in [2.05, 4.69) is 10.3 Å².